The SMILES string of the molecule is COP(C)(=O)OC.N#N. The van der Waals surface area contributed by atoms with Gasteiger partial charge in [0.2, 0.25) is 0 Å². The third-order valence-electron chi connectivity index (χ3n) is 0.663. The topological polar surface area (TPSA) is 83.1 Å². The van der Waals surface area contributed by atoms with Gasteiger partial charge in [-0.3, -0.25) is 4.57 Å². The smallest absolute Gasteiger partial charge is 0.312 e. The quantitative estimate of drug-likeness (QED) is 0.437. The van der Waals surface area contributed by atoms with Crippen LogP contribution in [0.3, 0.4) is 0 Å². The Bertz CT molecular complexity index is 115. The van der Waals surface area contributed by atoms with Gasteiger partial charge in [0.05, 0.1) is 0 Å². The van der Waals surface area contributed by atoms with Crippen molar-refractivity contribution < 1.29 is 13.6 Å². The van der Waals surface area contributed by atoms with E-state index in [1.54, 1.807) is 0 Å². The lowest BCUT2D eigenvalue weighted by Gasteiger charge is -2.04. The number of rotatable bonds is 2. The lowest BCUT2D eigenvalue weighted by Crippen LogP contribution is -1.82. The Labute approximate surface area is 53.9 Å². The van der Waals surface area contributed by atoms with Gasteiger partial charge in [-0.05, 0) is 0 Å². The van der Waals surface area contributed by atoms with Gasteiger partial charge >= 0.3 is 7.60 Å². The van der Waals surface area contributed by atoms with Gasteiger partial charge in [-0.25, -0.2) is 0 Å². The van der Waals surface area contributed by atoms with E-state index in [1.165, 1.54) is 20.9 Å². The van der Waals surface area contributed by atoms with Crippen LogP contribution in [0.4, 0.5) is 0 Å². The predicted molar refractivity (Wildman–Crippen MR) is 31.0 cm³/mol. The van der Waals surface area contributed by atoms with Gasteiger partial charge in [0.1, 0.15) is 0 Å². The van der Waals surface area contributed by atoms with Crippen molar-refractivity contribution in [1.29, 1.82) is 10.8 Å². The van der Waals surface area contributed by atoms with Crippen LogP contribution in [0.1, 0.15) is 0 Å². The molecule has 0 rings (SSSR count). The van der Waals surface area contributed by atoms with Crippen molar-refractivity contribution in [2.45, 2.75) is 0 Å². The van der Waals surface area contributed by atoms with Crippen molar-refractivity contribution >= 4 is 7.60 Å². The first-order valence-corrected chi connectivity index (χ1v) is 4.00. The van der Waals surface area contributed by atoms with Gasteiger partial charge in [0, 0.05) is 31.7 Å². The van der Waals surface area contributed by atoms with Crippen molar-refractivity contribution in [3.05, 3.63) is 0 Å². The summed E-state index contributed by atoms with van der Waals surface area (Å²) in [5.41, 5.74) is 0. The molecule has 0 aromatic rings. The summed E-state index contributed by atoms with van der Waals surface area (Å²) in [4.78, 5) is 0. The Morgan fingerprint density at radius 2 is 1.44 bits per heavy atom. The average molecular weight is 152 g/mol. The molecule has 0 saturated heterocycles. The van der Waals surface area contributed by atoms with Crippen LogP contribution in [-0.4, -0.2) is 20.9 Å². The van der Waals surface area contributed by atoms with Crippen LogP contribution in [0.25, 0.3) is 0 Å². The molecule has 0 saturated carbocycles. The maximum Gasteiger partial charge on any atom is 0.327 e. The Morgan fingerprint density at radius 1 is 1.22 bits per heavy atom. The molecular weight excluding hydrogens is 143 g/mol. The lowest BCUT2D eigenvalue weighted by molar-refractivity contribution is 0.282. The van der Waals surface area contributed by atoms with Crippen molar-refractivity contribution in [2.75, 3.05) is 20.9 Å². The maximum atomic E-state index is 10.5. The molecule has 54 valence electrons. The molecule has 9 heavy (non-hydrogen) atoms. The van der Waals surface area contributed by atoms with Crippen LogP contribution in [0.5, 0.6) is 0 Å². The monoisotopic (exact) mass is 152 g/mol. The number of hydrogen-bond acceptors (Lipinski definition) is 5. The highest BCUT2D eigenvalue weighted by Crippen LogP contribution is 2.40. The van der Waals surface area contributed by atoms with E-state index in [1.807, 2.05) is 0 Å². The Balaban J connectivity index is 0. The highest BCUT2D eigenvalue weighted by molar-refractivity contribution is 7.52. The molecule has 0 spiro atoms. The Hall–Kier alpha value is -0.430. The molecule has 5 nitrogen and oxygen atoms in total. The van der Waals surface area contributed by atoms with Crippen LogP contribution in [0.2, 0.25) is 0 Å². The number of hydrogen-bond donors (Lipinski definition) is 0. The largest absolute Gasteiger partial charge is 0.327 e. The minimum absolute atomic E-state index is 1.35. The summed E-state index contributed by atoms with van der Waals surface area (Å²) >= 11 is 0. The molecule has 0 aliphatic carbocycles. The molecule has 0 aromatic heterocycles. The Kier molecular flexibility index (Phi) is 7.21. The predicted octanol–water partition coefficient (Wildman–Crippen LogP) is 1.13. The first kappa shape index (κ1) is 11.4. The first-order chi connectivity index (χ1) is 4.12. The summed E-state index contributed by atoms with van der Waals surface area (Å²) in [6.07, 6.45) is 0. The molecule has 0 aliphatic rings. The maximum absolute atomic E-state index is 10.5. The first-order valence-electron chi connectivity index (χ1n) is 2.01. The van der Waals surface area contributed by atoms with Gasteiger partial charge in [0.15, 0.2) is 0 Å². The van der Waals surface area contributed by atoms with E-state index in [9.17, 15) is 4.57 Å². The number of nitrogens with zero attached hydrogens (tertiary/aromatic N) is 2. The Morgan fingerprint density at radius 3 is 1.44 bits per heavy atom. The third kappa shape index (κ3) is 7.57. The molecule has 0 amide bonds. The molecule has 0 N–H and O–H groups in total. The summed E-state index contributed by atoms with van der Waals surface area (Å²) in [6, 6.07) is 0. The summed E-state index contributed by atoms with van der Waals surface area (Å²) in [7, 11) is 0.0486. The van der Waals surface area contributed by atoms with Gasteiger partial charge in [-0.2, -0.15) is 0 Å². The van der Waals surface area contributed by atoms with Crippen molar-refractivity contribution in [3.63, 3.8) is 0 Å². The normalized spacial score (nSPS) is 9.44. The van der Waals surface area contributed by atoms with Crippen LogP contribution < -0.4 is 0 Å². The summed E-state index contributed by atoms with van der Waals surface area (Å²) in [5, 5.41) is 12.0. The van der Waals surface area contributed by atoms with Gasteiger partial charge in [0.25, 0.3) is 0 Å². The van der Waals surface area contributed by atoms with E-state index in [4.69, 9.17) is 10.8 Å². The fraction of sp³-hybridized carbons (Fsp3) is 1.00. The molecule has 0 heterocycles. The molecule has 0 aliphatic heterocycles. The third-order valence-corrected chi connectivity index (χ3v) is 1.99. The zero-order valence-corrected chi connectivity index (χ0v) is 6.46. The molecule has 0 radical (unpaired) electrons. The van der Waals surface area contributed by atoms with Crippen LogP contribution in [-0.2, 0) is 13.6 Å². The molecule has 6 heteroatoms. The minimum Gasteiger partial charge on any atom is -0.312 e. The molecule has 0 atom stereocenters. The highest BCUT2D eigenvalue weighted by atomic mass is 31.2. The second-order valence-corrected chi connectivity index (χ2v) is 3.41. The fourth-order valence-electron chi connectivity index (χ4n) is 0.0745. The minimum atomic E-state index is -2.65. The molecular formula is C3H9N2O3P. The van der Waals surface area contributed by atoms with Crippen LogP contribution >= 0.6 is 7.60 Å². The second kappa shape index (κ2) is 5.70. The van der Waals surface area contributed by atoms with Gasteiger partial charge < -0.3 is 9.05 Å². The zero-order chi connectivity index (χ0) is 7.91. The van der Waals surface area contributed by atoms with Crippen molar-refractivity contribution in [1.82, 2.24) is 0 Å². The van der Waals surface area contributed by atoms with E-state index in [2.05, 4.69) is 9.05 Å². The van der Waals surface area contributed by atoms with Crippen molar-refractivity contribution in [3.8, 4) is 0 Å². The zero-order valence-electron chi connectivity index (χ0n) is 5.57. The van der Waals surface area contributed by atoms with Gasteiger partial charge in [-0.1, -0.05) is 0 Å². The summed E-state index contributed by atoms with van der Waals surface area (Å²) in [5.74, 6) is 0. The average Bonchev–Trinajstić information content (AvgIpc) is 1.93. The molecule has 0 fully saturated rings. The van der Waals surface area contributed by atoms with Crippen molar-refractivity contribution in [2.24, 2.45) is 0 Å². The summed E-state index contributed by atoms with van der Waals surface area (Å²) in [6.45, 7) is 1.41. The van der Waals surface area contributed by atoms with Crippen LogP contribution in [0.15, 0.2) is 0 Å². The van der Waals surface area contributed by atoms with Crippen LogP contribution in [0, 0.1) is 10.8 Å². The standard InChI is InChI=1S/C3H9O3P.N2/c1-5-7(3,4)6-2;1-2/h1-3H3;. The fourth-order valence-corrected chi connectivity index (χ4v) is 0.224. The molecule has 0 unspecified atom stereocenters. The molecule has 0 aromatic carbocycles. The van der Waals surface area contributed by atoms with Gasteiger partial charge in [-0.15, -0.1) is 0 Å². The molecule has 0 bridgehead atoms. The van der Waals surface area contributed by atoms with E-state index >= 15 is 0 Å². The van der Waals surface area contributed by atoms with E-state index in [0.717, 1.165) is 0 Å². The van der Waals surface area contributed by atoms with E-state index in [0.29, 0.717) is 0 Å². The van der Waals surface area contributed by atoms with E-state index in [-0.39, 0.29) is 0 Å². The van der Waals surface area contributed by atoms with E-state index < -0.39 is 7.60 Å². The lowest BCUT2D eigenvalue weighted by atomic mass is 11.8. The highest BCUT2D eigenvalue weighted by Gasteiger charge is 2.08. The second-order valence-electron chi connectivity index (χ2n) is 1.14. The summed E-state index contributed by atoms with van der Waals surface area (Å²) < 4.78 is 19.3.